The molecule has 10 nitrogen and oxygen atoms in total. The molecule has 1 aromatic heterocycles. The van der Waals surface area contributed by atoms with Gasteiger partial charge in [-0.15, -0.1) is 10.2 Å². The second-order valence-corrected chi connectivity index (χ2v) is 8.49. The Hall–Kier alpha value is -4.77. The normalized spacial score (nSPS) is 10.8. The molecule has 0 spiro atoms. The van der Waals surface area contributed by atoms with Gasteiger partial charge in [-0.3, -0.25) is 19.7 Å². The monoisotopic (exact) mass is 516 g/mol. The number of hydrogen-bond donors (Lipinski definition) is 1. The molecule has 3 aromatic carbocycles. The summed E-state index contributed by atoms with van der Waals surface area (Å²) < 4.78 is 10.6. The van der Waals surface area contributed by atoms with Crippen molar-refractivity contribution in [2.75, 3.05) is 18.2 Å². The standard InChI is InChI=1S/C26H20N4O6S/c1-35-22-12-5-17(6-13-22)7-14-23(31)18-8-10-20(11-9-18)27-24(32)16-37-26-29-28-25(36-26)19-3-2-4-21(15-19)30(33)34/h2-15H,16H2,1H3,(H,27,32)/b14-7-. The zero-order valence-electron chi connectivity index (χ0n) is 19.5. The molecule has 11 heteroatoms. The molecule has 4 rings (SSSR count). The number of hydrogen-bond acceptors (Lipinski definition) is 9. The number of nitro benzene ring substituents is 1. The van der Waals surface area contributed by atoms with Gasteiger partial charge in [-0.1, -0.05) is 36.0 Å². The van der Waals surface area contributed by atoms with Gasteiger partial charge in [0.15, 0.2) is 5.78 Å². The predicted octanol–water partition coefficient (Wildman–Crippen LogP) is 5.28. The first-order valence-electron chi connectivity index (χ1n) is 10.9. The molecule has 4 aromatic rings. The van der Waals surface area contributed by atoms with Crippen molar-refractivity contribution in [2.24, 2.45) is 0 Å². The van der Waals surface area contributed by atoms with E-state index in [1.165, 1.54) is 24.3 Å². The lowest BCUT2D eigenvalue weighted by molar-refractivity contribution is -0.384. The minimum atomic E-state index is -0.512. The molecule has 0 aliphatic carbocycles. The summed E-state index contributed by atoms with van der Waals surface area (Å²) in [4.78, 5) is 35.2. The third kappa shape index (κ3) is 6.89. The number of carbonyl (C=O) groups excluding carboxylic acids is 2. The molecule has 0 saturated heterocycles. The van der Waals surface area contributed by atoms with E-state index < -0.39 is 4.92 Å². The molecule has 0 aliphatic rings. The van der Waals surface area contributed by atoms with Crippen molar-refractivity contribution in [1.82, 2.24) is 10.2 Å². The van der Waals surface area contributed by atoms with Crippen LogP contribution in [-0.2, 0) is 4.79 Å². The van der Waals surface area contributed by atoms with Gasteiger partial charge in [0.25, 0.3) is 10.9 Å². The number of nitrogens with one attached hydrogen (secondary N) is 1. The number of allylic oxidation sites excluding steroid dienone is 1. The van der Waals surface area contributed by atoms with Crippen LogP contribution in [-0.4, -0.2) is 39.7 Å². The number of non-ortho nitro benzene ring substituents is 1. The molecule has 0 aliphatic heterocycles. The Morgan fingerprint density at radius 3 is 2.54 bits per heavy atom. The van der Waals surface area contributed by atoms with Gasteiger partial charge in [0, 0.05) is 28.9 Å². The number of anilines is 1. The van der Waals surface area contributed by atoms with E-state index in [0.717, 1.165) is 23.1 Å². The summed E-state index contributed by atoms with van der Waals surface area (Å²) in [6, 6.07) is 19.7. The lowest BCUT2D eigenvalue weighted by Crippen LogP contribution is -2.14. The average molecular weight is 517 g/mol. The lowest BCUT2D eigenvalue weighted by atomic mass is 10.1. The highest BCUT2D eigenvalue weighted by molar-refractivity contribution is 7.99. The Bertz CT molecular complexity index is 1450. The Balaban J connectivity index is 1.28. The van der Waals surface area contributed by atoms with Gasteiger partial charge in [-0.25, -0.2) is 0 Å². The quantitative estimate of drug-likeness (QED) is 0.0980. The van der Waals surface area contributed by atoms with Crippen molar-refractivity contribution in [1.29, 1.82) is 0 Å². The number of amides is 1. The van der Waals surface area contributed by atoms with E-state index in [1.807, 2.05) is 24.3 Å². The van der Waals surface area contributed by atoms with Crippen LogP contribution >= 0.6 is 11.8 Å². The highest BCUT2D eigenvalue weighted by Crippen LogP contribution is 2.26. The first-order valence-corrected chi connectivity index (χ1v) is 11.9. The Morgan fingerprint density at radius 1 is 1.08 bits per heavy atom. The fourth-order valence-electron chi connectivity index (χ4n) is 3.16. The van der Waals surface area contributed by atoms with Gasteiger partial charge in [-0.2, -0.15) is 0 Å². The molecule has 0 bridgehead atoms. The number of nitro groups is 1. The van der Waals surface area contributed by atoms with E-state index in [1.54, 1.807) is 43.5 Å². The van der Waals surface area contributed by atoms with Crippen LogP contribution in [0, 0.1) is 10.1 Å². The zero-order chi connectivity index (χ0) is 26.2. The Kier molecular flexibility index (Phi) is 8.06. The van der Waals surface area contributed by atoms with Crippen molar-refractivity contribution in [3.05, 3.63) is 100 Å². The average Bonchev–Trinajstić information content (AvgIpc) is 3.40. The molecule has 0 fully saturated rings. The molecular weight excluding hydrogens is 496 g/mol. The molecule has 0 unspecified atom stereocenters. The van der Waals surface area contributed by atoms with Gasteiger partial charge < -0.3 is 14.5 Å². The fraction of sp³-hybridized carbons (Fsp3) is 0.0769. The first-order chi connectivity index (χ1) is 17.9. The molecule has 0 atom stereocenters. The van der Waals surface area contributed by atoms with Crippen LogP contribution in [0.15, 0.2) is 88.5 Å². The van der Waals surface area contributed by atoms with E-state index in [9.17, 15) is 19.7 Å². The third-order valence-corrected chi connectivity index (χ3v) is 5.85. The Morgan fingerprint density at radius 2 is 1.84 bits per heavy atom. The maximum Gasteiger partial charge on any atom is 0.277 e. The molecule has 186 valence electrons. The number of methoxy groups -OCH3 is 1. The van der Waals surface area contributed by atoms with E-state index in [0.29, 0.717) is 16.8 Å². The second kappa shape index (κ2) is 11.8. The van der Waals surface area contributed by atoms with Gasteiger partial charge in [0.2, 0.25) is 11.8 Å². The number of thioether (sulfide) groups is 1. The zero-order valence-corrected chi connectivity index (χ0v) is 20.3. The number of benzene rings is 3. The van der Waals surface area contributed by atoms with E-state index >= 15 is 0 Å². The summed E-state index contributed by atoms with van der Waals surface area (Å²) in [6.45, 7) is 0. The number of aromatic nitrogens is 2. The van der Waals surface area contributed by atoms with Gasteiger partial charge >= 0.3 is 0 Å². The van der Waals surface area contributed by atoms with Crippen molar-refractivity contribution in [3.8, 4) is 17.2 Å². The summed E-state index contributed by atoms with van der Waals surface area (Å²) in [5.74, 6) is 0.385. The van der Waals surface area contributed by atoms with Gasteiger partial charge in [0.1, 0.15) is 5.75 Å². The maximum absolute atomic E-state index is 12.4. The molecule has 1 heterocycles. The van der Waals surface area contributed by atoms with Crippen molar-refractivity contribution in [3.63, 3.8) is 0 Å². The largest absolute Gasteiger partial charge is 0.497 e. The van der Waals surface area contributed by atoms with Crippen LogP contribution in [0.1, 0.15) is 15.9 Å². The number of ether oxygens (including phenoxy) is 1. The lowest BCUT2D eigenvalue weighted by Gasteiger charge is -2.05. The van der Waals surface area contributed by atoms with Crippen LogP contribution in [0.4, 0.5) is 11.4 Å². The highest BCUT2D eigenvalue weighted by Gasteiger charge is 2.14. The van der Waals surface area contributed by atoms with E-state index in [4.69, 9.17) is 9.15 Å². The maximum atomic E-state index is 12.4. The SMILES string of the molecule is COc1ccc(/C=C\C(=O)c2ccc(NC(=O)CSc3nnc(-c4cccc([N+](=O)[O-])c4)o3)cc2)cc1. The van der Waals surface area contributed by atoms with Gasteiger partial charge in [-0.05, 0) is 54.1 Å². The summed E-state index contributed by atoms with van der Waals surface area (Å²) in [7, 11) is 1.59. The summed E-state index contributed by atoms with van der Waals surface area (Å²) in [5, 5.41) is 21.6. The third-order valence-electron chi connectivity index (χ3n) is 5.03. The second-order valence-electron chi connectivity index (χ2n) is 7.57. The van der Waals surface area contributed by atoms with Crippen LogP contribution in [0.2, 0.25) is 0 Å². The molecule has 0 saturated carbocycles. The molecule has 0 radical (unpaired) electrons. The first kappa shape index (κ1) is 25.3. The number of nitrogens with zero attached hydrogens (tertiary/aromatic N) is 3. The molecule has 1 amide bonds. The summed E-state index contributed by atoms with van der Waals surface area (Å²) in [5.41, 5.74) is 2.20. The minimum absolute atomic E-state index is 0.00184. The smallest absolute Gasteiger partial charge is 0.277 e. The minimum Gasteiger partial charge on any atom is -0.497 e. The highest BCUT2D eigenvalue weighted by atomic mass is 32.2. The van der Waals surface area contributed by atoms with Crippen molar-refractivity contribution >= 4 is 40.9 Å². The number of ketones is 1. The number of rotatable bonds is 10. The number of carbonyl (C=O) groups is 2. The van der Waals surface area contributed by atoms with E-state index in [2.05, 4.69) is 15.5 Å². The van der Waals surface area contributed by atoms with Crippen molar-refractivity contribution in [2.45, 2.75) is 5.22 Å². The summed E-state index contributed by atoms with van der Waals surface area (Å²) >= 11 is 1.03. The van der Waals surface area contributed by atoms with Crippen LogP contribution < -0.4 is 10.1 Å². The van der Waals surface area contributed by atoms with E-state index in [-0.39, 0.29) is 34.2 Å². The molecule has 37 heavy (non-hydrogen) atoms. The fourth-order valence-corrected chi connectivity index (χ4v) is 3.73. The topological polar surface area (TPSA) is 137 Å². The van der Waals surface area contributed by atoms with Crippen LogP contribution in [0.5, 0.6) is 5.75 Å². The van der Waals surface area contributed by atoms with Gasteiger partial charge in [0.05, 0.1) is 17.8 Å². The van der Waals surface area contributed by atoms with Crippen LogP contribution in [0.25, 0.3) is 17.5 Å². The van der Waals surface area contributed by atoms with Crippen molar-refractivity contribution < 1.29 is 23.7 Å². The van der Waals surface area contributed by atoms with Crippen LogP contribution in [0.3, 0.4) is 0 Å². The Labute approximate surface area is 215 Å². The molecular formula is C26H20N4O6S. The summed E-state index contributed by atoms with van der Waals surface area (Å²) in [6.07, 6.45) is 3.20. The molecule has 1 N–H and O–H groups in total. The predicted molar refractivity (Wildman–Crippen MR) is 139 cm³/mol.